The van der Waals surface area contributed by atoms with E-state index in [-0.39, 0.29) is 0 Å². The summed E-state index contributed by atoms with van der Waals surface area (Å²) in [5.74, 6) is 0.984. The summed E-state index contributed by atoms with van der Waals surface area (Å²) in [6.07, 6.45) is 6.91. The van der Waals surface area contributed by atoms with Crippen molar-refractivity contribution in [2.75, 3.05) is 26.2 Å². The van der Waals surface area contributed by atoms with Crippen LogP contribution in [-0.2, 0) is 6.54 Å². The second-order valence-electron chi connectivity index (χ2n) is 4.36. The molecule has 3 heterocycles. The Bertz CT molecular complexity index is 488. The van der Waals surface area contributed by atoms with Gasteiger partial charge in [0.1, 0.15) is 11.5 Å². The zero-order valence-corrected chi connectivity index (χ0v) is 10.1. The number of aromatic nitrogens is 4. The molecule has 1 saturated heterocycles. The molecule has 0 aromatic carbocycles. The second kappa shape index (κ2) is 5.24. The number of piperazine rings is 1. The fourth-order valence-electron chi connectivity index (χ4n) is 2.09. The Morgan fingerprint density at radius 2 is 2.00 bits per heavy atom. The highest BCUT2D eigenvalue weighted by Crippen LogP contribution is 2.13. The minimum atomic E-state index is 0.830. The van der Waals surface area contributed by atoms with Crippen molar-refractivity contribution < 1.29 is 0 Å². The number of aromatic amines is 1. The molecule has 6 nitrogen and oxygen atoms in total. The second-order valence-corrected chi connectivity index (χ2v) is 4.36. The van der Waals surface area contributed by atoms with Gasteiger partial charge < -0.3 is 10.3 Å². The van der Waals surface area contributed by atoms with Crippen LogP contribution in [0.2, 0.25) is 0 Å². The van der Waals surface area contributed by atoms with E-state index in [2.05, 4.69) is 30.2 Å². The first-order chi connectivity index (χ1) is 8.92. The van der Waals surface area contributed by atoms with Gasteiger partial charge in [-0.1, -0.05) is 0 Å². The van der Waals surface area contributed by atoms with Crippen molar-refractivity contribution in [3.05, 3.63) is 30.6 Å². The molecule has 2 N–H and O–H groups in total. The predicted molar refractivity (Wildman–Crippen MR) is 67.8 cm³/mol. The summed E-state index contributed by atoms with van der Waals surface area (Å²) in [6, 6.07) is 0. The van der Waals surface area contributed by atoms with Crippen molar-refractivity contribution >= 4 is 0 Å². The van der Waals surface area contributed by atoms with E-state index in [1.807, 2.05) is 6.20 Å². The number of hydrogen-bond donors (Lipinski definition) is 2. The van der Waals surface area contributed by atoms with Gasteiger partial charge in [0.2, 0.25) is 0 Å². The van der Waals surface area contributed by atoms with Crippen LogP contribution in [0.1, 0.15) is 5.82 Å². The molecule has 2 aromatic heterocycles. The summed E-state index contributed by atoms with van der Waals surface area (Å²) in [5.41, 5.74) is 1.75. The molecular formula is C12H16N6. The van der Waals surface area contributed by atoms with Crippen LogP contribution in [0.5, 0.6) is 0 Å². The van der Waals surface area contributed by atoms with Crippen molar-refractivity contribution in [2.45, 2.75) is 6.54 Å². The lowest BCUT2D eigenvalue weighted by molar-refractivity contribution is 0.228. The highest BCUT2D eigenvalue weighted by Gasteiger charge is 2.12. The third-order valence-corrected chi connectivity index (χ3v) is 3.05. The van der Waals surface area contributed by atoms with Crippen LogP contribution >= 0.6 is 0 Å². The van der Waals surface area contributed by atoms with Gasteiger partial charge in [-0.3, -0.25) is 14.9 Å². The summed E-state index contributed by atoms with van der Waals surface area (Å²) in [7, 11) is 0. The van der Waals surface area contributed by atoms with E-state index < -0.39 is 0 Å². The molecule has 0 radical (unpaired) electrons. The van der Waals surface area contributed by atoms with E-state index in [1.54, 1.807) is 18.6 Å². The molecular weight excluding hydrogens is 228 g/mol. The Kier molecular flexibility index (Phi) is 3.29. The lowest BCUT2D eigenvalue weighted by Gasteiger charge is -2.26. The Labute approximate surface area is 105 Å². The highest BCUT2D eigenvalue weighted by atomic mass is 15.2. The van der Waals surface area contributed by atoms with Gasteiger partial charge in [0.05, 0.1) is 24.6 Å². The topological polar surface area (TPSA) is 69.7 Å². The third kappa shape index (κ3) is 2.55. The average molecular weight is 244 g/mol. The van der Waals surface area contributed by atoms with E-state index in [1.165, 1.54) is 0 Å². The quantitative estimate of drug-likeness (QED) is 0.811. The summed E-state index contributed by atoms with van der Waals surface area (Å²) >= 11 is 0. The third-order valence-electron chi connectivity index (χ3n) is 3.05. The van der Waals surface area contributed by atoms with Crippen LogP contribution in [-0.4, -0.2) is 51.0 Å². The monoisotopic (exact) mass is 244 g/mol. The van der Waals surface area contributed by atoms with Crippen molar-refractivity contribution in [3.8, 4) is 11.4 Å². The van der Waals surface area contributed by atoms with Gasteiger partial charge in [-0.05, 0) is 0 Å². The van der Waals surface area contributed by atoms with Crippen LogP contribution in [0.3, 0.4) is 0 Å². The summed E-state index contributed by atoms with van der Waals surface area (Å²) in [4.78, 5) is 18.4. The Morgan fingerprint density at radius 1 is 1.11 bits per heavy atom. The molecule has 6 heteroatoms. The first-order valence-electron chi connectivity index (χ1n) is 6.15. The zero-order valence-electron chi connectivity index (χ0n) is 10.1. The summed E-state index contributed by atoms with van der Waals surface area (Å²) < 4.78 is 0. The van der Waals surface area contributed by atoms with Gasteiger partial charge in [0.25, 0.3) is 0 Å². The molecule has 0 bridgehead atoms. The van der Waals surface area contributed by atoms with Crippen molar-refractivity contribution in [3.63, 3.8) is 0 Å². The average Bonchev–Trinajstić information content (AvgIpc) is 2.89. The molecule has 18 heavy (non-hydrogen) atoms. The molecule has 0 spiro atoms. The number of nitrogens with zero attached hydrogens (tertiary/aromatic N) is 4. The molecule has 1 aliphatic heterocycles. The smallest absolute Gasteiger partial charge is 0.120 e. The number of imidazole rings is 1. The van der Waals surface area contributed by atoms with Gasteiger partial charge in [0.15, 0.2) is 0 Å². The van der Waals surface area contributed by atoms with E-state index in [0.29, 0.717) is 0 Å². The van der Waals surface area contributed by atoms with Crippen molar-refractivity contribution in [1.82, 2.24) is 30.2 Å². The first-order valence-corrected chi connectivity index (χ1v) is 6.15. The minimum Gasteiger partial charge on any atom is -0.340 e. The van der Waals surface area contributed by atoms with Crippen LogP contribution in [0.4, 0.5) is 0 Å². The number of hydrogen-bond acceptors (Lipinski definition) is 5. The van der Waals surface area contributed by atoms with Crippen LogP contribution in [0, 0.1) is 0 Å². The zero-order chi connectivity index (χ0) is 12.2. The van der Waals surface area contributed by atoms with Crippen molar-refractivity contribution in [1.29, 1.82) is 0 Å². The van der Waals surface area contributed by atoms with Gasteiger partial charge in [-0.15, -0.1) is 0 Å². The van der Waals surface area contributed by atoms with E-state index in [9.17, 15) is 0 Å². The normalized spacial score (nSPS) is 16.9. The predicted octanol–water partition coefficient (Wildman–Crippen LogP) is 0.272. The SMILES string of the molecule is c1cnc(-c2cnc(CN3CCNCC3)[nH]2)cn1. The van der Waals surface area contributed by atoms with E-state index >= 15 is 0 Å². The standard InChI is InChI=1S/C12H16N6/c1-2-15-10(7-14-1)11-8-16-12(17-11)9-18-5-3-13-4-6-18/h1-2,7-8,13H,3-6,9H2,(H,16,17). The van der Waals surface area contributed by atoms with E-state index in [0.717, 1.165) is 49.9 Å². The molecule has 2 aromatic rings. The molecule has 0 aliphatic carbocycles. The Hall–Kier alpha value is -1.79. The lowest BCUT2D eigenvalue weighted by Crippen LogP contribution is -2.43. The van der Waals surface area contributed by atoms with Crippen LogP contribution in [0.15, 0.2) is 24.8 Å². The van der Waals surface area contributed by atoms with Crippen molar-refractivity contribution in [2.24, 2.45) is 0 Å². The van der Waals surface area contributed by atoms with Gasteiger partial charge in [-0.25, -0.2) is 4.98 Å². The minimum absolute atomic E-state index is 0.830. The number of H-pyrrole nitrogens is 1. The molecule has 0 atom stereocenters. The fraction of sp³-hybridized carbons (Fsp3) is 0.417. The molecule has 94 valence electrons. The Balaban J connectivity index is 1.69. The fourth-order valence-corrected chi connectivity index (χ4v) is 2.09. The molecule has 1 aliphatic rings. The maximum Gasteiger partial charge on any atom is 0.120 e. The molecule has 0 saturated carbocycles. The molecule has 1 fully saturated rings. The highest BCUT2D eigenvalue weighted by molar-refractivity contribution is 5.51. The summed E-state index contributed by atoms with van der Waals surface area (Å²) in [6.45, 7) is 5.11. The molecule has 0 unspecified atom stereocenters. The molecule has 0 amide bonds. The first kappa shape index (κ1) is 11.3. The largest absolute Gasteiger partial charge is 0.340 e. The van der Waals surface area contributed by atoms with E-state index in [4.69, 9.17) is 0 Å². The number of nitrogens with one attached hydrogen (secondary N) is 2. The van der Waals surface area contributed by atoms with Crippen LogP contribution < -0.4 is 5.32 Å². The Morgan fingerprint density at radius 3 is 2.78 bits per heavy atom. The van der Waals surface area contributed by atoms with Gasteiger partial charge >= 0.3 is 0 Å². The molecule has 3 rings (SSSR count). The summed E-state index contributed by atoms with van der Waals surface area (Å²) in [5, 5.41) is 3.34. The maximum atomic E-state index is 4.40. The number of rotatable bonds is 3. The van der Waals surface area contributed by atoms with Gasteiger partial charge in [0, 0.05) is 38.6 Å². The van der Waals surface area contributed by atoms with Gasteiger partial charge in [-0.2, -0.15) is 0 Å². The lowest BCUT2D eigenvalue weighted by atomic mass is 10.3. The van der Waals surface area contributed by atoms with Crippen LogP contribution in [0.25, 0.3) is 11.4 Å². The maximum absolute atomic E-state index is 4.40.